The van der Waals surface area contributed by atoms with Crippen LogP contribution in [0.5, 0.6) is 11.5 Å². The molecule has 0 aliphatic carbocycles. The molecule has 8 heteroatoms. The van der Waals surface area contributed by atoms with E-state index in [-0.39, 0.29) is 11.7 Å². The highest BCUT2D eigenvalue weighted by molar-refractivity contribution is 9.10. The van der Waals surface area contributed by atoms with Gasteiger partial charge in [0.15, 0.2) is 11.5 Å². The summed E-state index contributed by atoms with van der Waals surface area (Å²) in [5.74, 6) is -0.244. The minimum Gasteiger partial charge on any atom is -0.493 e. The summed E-state index contributed by atoms with van der Waals surface area (Å²) in [6.45, 7) is 1.94. The number of hydrazone groups is 1. The van der Waals surface area contributed by atoms with E-state index in [4.69, 9.17) is 9.47 Å². The molecule has 0 unspecified atom stereocenters. The number of halogens is 2. The summed E-state index contributed by atoms with van der Waals surface area (Å²) >= 11 is 6.73. The molecule has 0 atom stereocenters. The Kier molecular flexibility index (Phi) is 7.59. The van der Waals surface area contributed by atoms with Crippen molar-refractivity contribution in [1.29, 1.82) is 0 Å². The van der Waals surface area contributed by atoms with Crippen LogP contribution in [0.3, 0.4) is 0 Å². The lowest BCUT2D eigenvalue weighted by Crippen LogP contribution is -2.17. The van der Waals surface area contributed by atoms with Crippen molar-refractivity contribution in [3.8, 4) is 11.5 Å². The number of benzene rings is 3. The Morgan fingerprint density at radius 1 is 1.00 bits per heavy atom. The number of carbonyl (C=O) groups is 2. The van der Waals surface area contributed by atoms with Gasteiger partial charge in [-0.2, -0.15) is 5.10 Å². The van der Waals surface area contributed by atoms with Crippen molar-refractivity contribution < 1.29 is 19.1 Å². The molecule has 3 aromatic rings. The van der Waals surface area contributed by atoms with Gasteiger partial charge in [0.05, 0.1) is 23.4 Å². The first-order chi connectivity index (χ1) is 14.9. The third kappa shape index (κ3) is 6.02. The van der Waals surface area contributed by atoms with Crippen molar-refractivity contribution in [1.82, 2.24) is 5.43 Å². The van der Waals surface area contributed by atoms with Gasteiger partial charge < -0.3 is 9.47 Å². The quantitative estimate of drug-likeness (QED) is 0.192. The molecule has 0 aliphatic rings. The Balaban J connectivity index is 1.74. The molecule has 158 valence electrons. The smallest absolute Gasteiger partial charge is 0.343 e. The Morgan fingerprint density at radius 2 is 1.74 bits per heavy atom. The molecule has 0 saturated carbocycles. The molecule has 0 aromatic heterocycles. The number of rotatable bonds is 6. The number of amides is 1. The highest BCUT2D eigenvalue weighted by atomic mass is 79.9. The number of ether oxygens (including phenoxy) is 2. The fourth-order valence-electron chi connectivity index (χ4n) is 2.61. The summed E-state index contributed by atoms with van der Waals surface area (Å²) in [5.41, 5.74) is 5.06. The monoisotopic (exact) mass is 544 g/mol. The van der Waals surface area contributed by atoms with Crippen LogP contribution in [0.4, 0.5) is 0 Å². The molecule has 0 spiro atoms. The molecule has 3 rings (SSSR count). The van der Waals surface area contributed by atoms with Crippen molar-refractivity contribution in [2.45, 2.75) is 6.92 Å². The zero-order valence-electron chi connectivity index (χ0n) is 16.7. The number of hydrogen-bond donors (Lipinski definition) is 1. The molecule has 0 bridgehead atoms. The van der Waals surface area contributed by atoms with E-state index < -0.39 is 5.97 Å². The maximum atomic E-state index is 12.5. The molecule has 1 amide bonds. The minimum atomic E-state index is -0.498. The minimum absolute atomic E-state index is 0.253. The van der Waals surface area contributed by atoms with Crippen molar-refractivity contribution in [3.63, 3.8) is 0 Å². The Hall–Kier alpha value is -2.97. The number of aryl methyl sites for hydroxylation is 1. The van der Waals surface area contributed by atoms with Gasteiger partial charge in [0.2, 0.25) is 0 Å². The van der Waals surface area contributed by atoms with Gasteiger partial charge in [-0.25, -0.2) is 10.2 Å². The van der Waals surface area contributed by atoms with Gasteiger partial charge in [0, 0.05) is 10.0 Å². The maximum Gasteiger partial charge on any atom is 0.343 e. The van der Waals surface area contributed by atoms with Gasteiger partial charge >= 0.3 is 5.97 Å². The van der Waals surface area contributed by atoms with E-state index >= 15 is 0 Å². The van der Waals surface area contributed by atoms with Crippen LogP contribution in [-0.4, -0.2) is 25.2 Å². The Bertz CT molecular complexity index is 1140. The molecular weight excluding hydrogens is 528 g/mol. The predicted octanol–water partition coefficient (Wildman–Crippen LogP) is 5.51. The average Bonchev–Trinajstić information content (AvgIpc) is 2.75. The molecule has 0 saturated heterocycles. The summed E-state index contributed by atoms with van der Waals surface area (Å²) in [6.07, 6.45) is 1.47. The van der Waals surface area contributed by atoms with E-state index in [1.807, 2.05) is 25.1 Å². The highest BCUT2D eigenvalue weighted by Gasteiger charge is 2.16. The SMILES string of the molecule is COc1cc(/C=N\NC(=O)c2cccc(Br)c2)cc(Br)c1OC(=O)c1ccc(C)cc1. The molecule has 1 N–H and O–H groups in total. The third-order valence-corrected chi connectivity index (χ3v) is 5.28. The van der Waals surface area contributed by atoms with Gasteiger partial charge in [-0.3, -0.25) is 4.79 Å². The molecule has 0 radical (unpaired) electrons. The molecule has 0 aliphatic heterocycles. The normalized spacial score (nSPS) is 10.7. The average molecular weight is 546 g/mol. The Morgan fingerprint density at radius 3 is 2.42 bits per heavy atom. The van der Waals surface area contributed by atoms with Crippen LogP contribution in [-0.2, 0) is 0 Å². The molecular formula is C23H18Br2N2O4. The van der Waals surface area contributed by atoms with Gasteiger partial charge in [0.25, 0.3) is 5.91 Å². The second-order valence-corrected chi connectivity index (χ2v) is 8.27. The number of hydrogen-bond acceptors (Lipinski definition) is 5. The molecule has 3 aromatic carbocycles. The first kappa shape index (κ1) is 22.7. The molecule has 0 heterocycles. The topological polar surface area (TPSA) is 77.0 Å². The van der Waals surface area contributed by atoms with Crippen LogP contribution in [0.1, 0.15) is 31.8 Å². The van der Waals surface area contributed by atoms with Crippen LogP contribution >= 0.6 is 31.9 Å². The van der Waals surface area contributed by atoms with Gasteiger partial charge in [-0.05, 0) is 70.9 Å². The van der Waals surface area contributed by atoms with Gasteiger partial charge in [-0.1, -0.05) is 39.7 Å². The number of nitrogens with one attached hydrogen (secondary N) is 1. The van der Waals surface area contributed by atoms with E-state index in [0.717, 1.165) is 10.0 Å². The third-order valence-electron chi connectivity index (χ3n) is 4.20. The summed E-state index contributed by atoms with van der Waals surface area (Å²) in [6, 6.07) is 17.4. The van der Waals surface area contributed by atoms with Crippen LogP contribution in [0, 0.1) is 6.92 Å². The summed E-state index contributed by atoms with van der Waals surface area (Å²) in [7, 11) is 1.47. The van der Waals surface area contributed by atoms with Crippen LogP contribution in [0.25, 0.3) is 0 Å². The van der Waals surface area contributed by atoms with Crippen LogP contribution in [0.2, 0.25) is 0 Å². The molecule has 6 nitrogen and oxygen atoms in total. The summed E-state index contributed by atoms with van der Waals surface area (Å²) in [4.78, 5) is 24.6. The van der Waals surface area contributed by atoms with E-state index in [9.17, 15) is 9.59 Å². The zero-order valence-corrected chi connectivity index (χ0v) is 19.9. The summed E-state index contributed by atoms with van der Waals surface area (Å²) in [5, 5.41) is 3.99. The summed E-state index contributed by atoms with van der Waals surface area (Å²) < 4.78 is 12.2. The first-order valence-corrected chi connectivity index (χ1v) is 10.7. The van der Waals surface area contributed by atoms with Crippen molar-refractivity contribution >= 4 is 50.0 Å². The van der Waals surface area contributed by atoms with Crippen molar-refractivity contribution in [2.75, 3.05) is 7.11 Å². The Labute approximate surface area is 196 Å². The lowest BCUT2D eigenvalue weighted by molar-refractivity contribution is 0.0728. The van der Waals surface area contributed by atoms with Gasteiger partial charge in [0.1, 0.15) is 0 Å². The van der Waals surface area contributed by atoms with Crippen LogP contribution in [0.15, 0.2) is 74.7 Å². The van der Waals surface area contributed by atoms with Crippen molar-refractivity contribution in [2.24, 2.45) is 5.10 Å². The standard InChI is InChI=1S/C23H18Br2N2O4/c1-14-6-8-16(9-7-14)23(29)31-21-19(25)10-15(11-20(21)30-2)13-26-27-22(28)17-4-3-5-18(24)12-17/h3-13H,1-2H3,(H,27,28)/b26-13-. The lowest BCUT2D eigenvalue weighted by atomic mass is 10.1. The van der Waals surface area contributed by atoms with E-state index in [1.54, 1.807) is 42.5 Å². The van der Waals surface area contributed by atoms with Crippen molar-refractivity contribution in [3.05, 3.63) is 91.9 Å². The highest BCUT2D eigenvalue weighted by Crippen LogP contribution is 2.36. The number of nitrogens with zero attached hydrogens (tertiary/aromatic N) is 1. The fourth-order valence-corrected chi connectivity index (χ4v) is 3.55. The largest absolute Gasteiger partial charge is 0.493 e. The second-order valence-electron chi connectivity index (χ2n) is 6.50. The predicted molar refractivity (Wildman–Crippen MR) is 126 cm³/mol. The first-order valence-electron chi connectivity index (χ1n) is 9.12. The van der Waals surface area contributed by atoms with Gasteiger partial charge in [-0.15, -0.1) is 0 Å². The number of carbonyl (C=O) groups excluding carboxylic acids is 2. The fraction of sp³-hybridized carbons (Fsp3) is 0.0870. The van der Waals surface area contributed by atoms with E-state index in [1.165, 1.54) is 13.3 Å². The lowest BCUT2D eigenvalue weighted by Gasteiger charge is -2.12. The zero-order chi connectivity index (χ0) is 22.4. The van der Waals surface area contributed by atoms with E-state index in [2.05, 4.69) is 42.4 Å². The molecule has 0 fully saturated rings. The number of methoxy groups -OCH3 is 1. The molecule has 31 heavy (non-hydrogen) atoms. The van der Waals surface area contributed by atoms with Crippen LogP contribution < -0.4 is 14.9 Å². The second kappa shape index (κ2) is 10.4. The maximum absolute atomic E-state index is 12.5. The van der Waals surface area contributed by atoms with E-state index in [0.29, 0.717) is 26.9 Å². The number of esters is 1.